The maximum absolute atomic E-state index is 11.9. The van der Waals surface area contributed by atoms with Gasteiger partial charge in [-0.25, -0.2) is 9.97 Å². The number of hydrogen-bond donors (Lipinski definition) is 4. The van der Waals surface area contributed by atoms with Crippen LogP contribution in [0.4, 0.5) is 17.3 Å². The Morgan fingerprint density at radius 3 is 2.71 bits per heavy atom. The molecule has 2 aromatic heterocycles. The number of anilines is 3. The molecule has 21 heavy (non-hydrogen) atoms. The summed E-state index contributed by atoms with van der Waals surface area (Å²) >= 11 is 0. The monoisotopic (exact) mass is 287 g/mol. The van der Waals surface area contributed by atoms with Crippen LogP contribution in [0.15, 0.2) is 30.9 Å². The number of nitrogens with one attached hydrogen (secondary N) is 3. The molecule has 0 unspecified atom stereocenters. The number of rotatable bonds is 5. The van der Waals surface area contributed by atoms with Crippen LogP contribution in [0.25, 0.3) is 0 Å². The smallest absolute Gasteiger partial charge is 0.271 e. The lowest BCUT2D eigenvalue weighted by Gasteiger charge is -2.14. The highest BCUT2D eigenvalue weighted by molar-refractivity contribution is 5.94. The SMILES string of the molecule is CC(C)Nc1ncnc(NNC(=O)c2cccnc2)c1N. The Morgan fingerprint density at radius 2 is 2.05 bits per heavy atom. The molecule has 110 valence electrons. The molecule has 0 aliphatic heterocycles. The summed E-state index contributed by atoms with van der Waals surface area (Å²) in [5.41, 5.74) is 11.9. The van der Waals surface area contributed by atoms with Crippen molar-refractivity contribution in [1.82, 2.24) is 20.4 Å². The summed E-state index contributed by atoms with van der Waals surface area (Å²) < 4.78 is 0. The van der Waals surface area contributed by atoms with E-state index in [4.69, 9.17) is 5.73 Å². The molecule has 8 nitrogen and oxygen atoms in total. The first-order chi connectivity index (χ1) is 10.1. The number of aromatic nitrogens is 3. The van der Waals surface area contributed by atoms with E-state index in [0.29, 0.717) is 22.9 Å². The van der Waals surface area contributed by atoms with Crippen molar-refractivity contribution in [2.75, 3.05) is 16.5 Å². The number of carbonyl (C=O) groups is 1. The molecule has 2 heterocycles. The largest absolute Gasteiger partial charge is 0.393 e. The normalized spacial score (nSPS) is 10.2. The van der Waals surface area contributed by atoms with Crippen LogP contribution in [0.3, 0.4) is 0 Å². The Bertz CT molecular complexity index is 615. The zero-order chi connectivity index (χ0) is 15.2. The zero-order valence-corrected chi connectivity index (χ0v) is 11.8. The van der Waals surface area contributed by atoms with Crippen molar-refractivity contribution in [3.05, 3.63) is 36.4 Å². The number of amides is 1. The molecule has 0 radical (unpaired) electrons. The molecule has 2 rings (SSSR count). The summed E-state index contributed by atoms with van der Waals surface area (Å²) in [5, 5.41) is 3.09. The van der Waals surface area contributed by atoms with Crippen LogP contribution < -0.4 is 21.9 Å². The summed E-state index contributed by atoms with van der Waals surface area (Å²) in [5.74, 6) is 0.503. The van der Waals surface area contributed by atoms with Crippen LogP contribution in [-0.2, 0) is 0 Å². The Labute approximate surface area is 122 Å². The number of carbonyl (C=O) groups excluding carboxylic acids is 1. The molecule has 0 atom stereocenters. The highest BCUT2D eigenvalue weighted by Crippen LogP contribution is 2.22. The van der Waals surface area contributed by atoms with E-state index in [1.165, 1.54) is 12.5 Å². The van der Waals surface area contributed by atoms with E-state index in [1.54, 1.807) is 18.3 Å². The number of nitrogen functional groups attached to an aromatic ring is 1. The van der Waals surface area contributed by atoms with Crippen LogP contribution in [0.1, 0.15) is 24.2 Å². The fraction of sp³-hybridized carbons (Fsp3) is 0.231. The fourth-order valence-electron chi connectivity index (χ4n) is 1.57. The van der Waals surface area contributed by atoms with Crippen molar-refractivity contribution >= 4 is 23.2 Å². The summed E-state index contributed by atoms with van der Waals surface area (Å²) in [6, 6.07) is 3.51. The van der Waals surface area contributed by atoms with Gasteiger partial charge in [0.2, 0.25) is 0 Å². The molecular formula is C13H17N7O. The Balaban J connectivity index is 2.05. The van der Waals surface area contributed by atoms with Crippen molar-refractivity contribution in [2.45, 2.75) is 19.9 Å². The molecule has 0 aliphatic carbocycles. The van der Waals surface area contributed by atoms with Gasteiger partial charge in [-0.05, 0) is 26.0 Å². The first-order valence-corrected chi connectivity index (χ1v) is 6.41. The first kappa shape index (κ1) is 14.5. The van der Waals surface area contributed by atoms with E-state index >= 15 is 0 Å². The van der Waals surface area contributed by atoms with E-state index in [1.807, 2.05) is 13.8 Å². The molecule has 0 saturated carbocycles. The number of hydrogen-bond acceptors (Lipinski definition) is 7. The summed E-state index contributed by atoms with van der Waals surface area (Å²) in [6.45, 7) is 3.94. The van der Waals surface area contributed by atoms with E-state index in [2.05, 4.69) is 31.1 Å². The third-order valence-corrected chi connectivity index (χ3v) is 2.53. The number of nitrogens with zero attached hydrogens (tertiary/aromatic N) is 3. The first-order valence-electron chi connectivity index (χ1n) is 6.41. The van der Waals surface area contributed by atoms with Gasteiger partial charge in [-0.3, -0.25) is 20.6 Å². The lowest BCUT2D eigenvalue weighted by Crippen LogP contribution is -2.30. The van der Waals surface area contributed by atoms with Gasteiger partial charge in [-0.1, -0.05) is 0 Å². The minimum atomic E-state index is -0.334. The molecule has 0 aliphatic rings. The minimum Gasteiger partial charge on any atom is -0.393 e. The van der Waals surface area contributed by atoms with Crippen molar-refractivity contribution < 1.29 is 4.79 Å². The molecule has 0 aromatic carbocycles. The summed E-state index contributed by atoms with van der Waals surface area (Å²) in [4.78, 5) is 23.8. The standard InChI is InChI=1S/C13H17N7O/c1-8(2)18-11-10(14)12(17-7-16-11)19-20-13(21)9-4-3-5-15-6-9/h3-8H,14H2,1-2H3,(H,20,21)(H2,16,17,18,19). The Morgan fingerprint density at radius 1 is 1.29 bits per heavy atom. The van der Waals surface area contributed by atoms with E-state index in [9.17, 15) is 4.79 Å². The van der Waals surface area contributed by atoms with Gasteiger partial charge in [-0.2, -0.15) is 0 Å². The summed E-state index contributed by atoms with van der Waals surface area (Å²) in [6.07, 6.45) is 4.42. The predicted molar refractivity (Wildman–Crippen MR) is 80.5 cm³/mol. The third kappa shape index (κ3) is 3.78. The van der Waals surface area contributed by atoms with Crippen LogP contribution in [0.5, 0.6) is 0 Å². The molecule has 0 spiro atoms. The van der Waals surface area contributed by atoms with Gasteiger partial charge in [-0.15, -0.1) is 0 Å². The number of pyridine rings is 1. The third-order valence-electron chi connectivity index (χ3n) is 2.53. The van der Waals surface area contributed by atoms with Crippen LogP contribution in [0.2, 0.25) is 0 Å². The van der Waals surface area contributed by atoms with Gasteiger partial charge in [0.15, 0.2) is 11.6 Å². The van der Waals surface area contributed by atoms with E-state index in [-0.39, 0.29) is 11.9 Å². The Kier molecular flexibility index (Phi) is 4.50. The van der Waals surface area contributed by atoms with Gasteiger partial charge in [0.25, 0.3) is 5.91 Å². The lowest BCUT2D eigenvalue weighted by molar-refractivity contribution is 0.0962. The van der Waals surface area contributed by atoms with E-state index in [0.717, 1.165) is 0 Å². The second-order valence-electron chi connectivity index (χ2n) is 4.60. The summed E-state index contributed by atoms with van der Waals surface area (Å²) in [7, 11) is 0. The van der Waals surface area contributed by atoms with Crippen molar-refractivity contribution in [3.63, 3.8) is 0 Å². The molecular weight excluding hydrogens is 270 g/mol. The maximum atomic E-state index is 11.9. The van der Waals surface area contributed by atoms with Crippen molar-refractivity contribution in [2.24, 2.45) is 0 Å². The number of hydrazine groups is 1. The van der Waals surface area contributed by atoms with Crippen LogP contribution >= 0.6 is 0 Å². The highest BCUT2D eigenvalue weighted by atomic mass is 16.2. The van der Waals surface area contributed by atoms with Gasteiger partial charge >= 0.3 is 0 Å². The quantitative estimate of drug-likeness (QED) is 0.606. The van der Waals surface area contributed by atoms with E-state index < -0.39 is 0 Å². The lowest BCUT2D eigenvalue weighted by atomic mass is 10.3. The highest BCUT2D eigenvalue weighted by Gasteiger charge is 2.10. The van der Waals surface area contributed by atoms with Gasteiger partial charge in [0, 0.05) is 18.4 Å². The molecule has 0 fully saturated rings. The molecule has 0 saturated heterocycles. The molecule has 1 amide bonds. The second-order valence-corrected chi connectivity index (χ2v) is 4.60. The van der Waals surface area contributed by atoms with Gasteiger partial charge in [0.1, 0.15) is 12.0 Å². The van der Waals surface area contributed by atoms with Crippen LogP contribution in [0, 0.1) is 0 Å². The zero-order valence-electron chi connectivity index (χ0n) is 11.8. The maximum Gasteiger partial charge on any atom is 0.271 e. The number of nitrogens with two attached hydrogens (primary N) is 1. The van der Waals surface area contributed by atoms with Gasteiger partial charge in [0.05, 0.1) is 5.56 Å². The topological polar surface area (TPSA) is 118 Å². The molecule has 2 aromatic rings. The van der Waals surface area contributed by atoms with Gasteiger partial charge < -0.3 is 11.1 Å². The molecule has 8 heteroatoms. The van der Waals surface area contributed by atoms with Crippen molar-refractivity contribution in [1.29, 1.82) is 0 Å². The predicted octanol–water partition coefficient (Wildman–Crippen LogP) is 1.03. The molecule has 5 N–H and O–H groups in total. The second kappa shape index (κ2) is 6.51. The van der Waals surface area contributed by atoms with Crippen molar-refractivity contribution in [3.8, 4) is 0 Å². The minimum absolute atomic E-state index is 0.181. The Hall–Kier alpha value is -2.90. The molecule has 0 bridgehead atoms. The fourth-order valence-corrected chi connectivity index (χ4v) is 1.57. The van der Waals surface area contributed by atoms with Crippen LogP contribution in [-0.4, -0.2) is 26.9 Å². The average Bonchev–Trinajstić information content (AvgIpc) is 2.48. The average molecular weight is 287 g/mol.